The molecule has 122 valence electrons. The molecule has 0 fully saturated rings. The largest absolute Gasteiger partial charge is 0.467 e. The standard InChI is InChI=1S/C19H16FNO2S/c20-18-8-2-1-5-15(18)9-10-19(22)21(13-16-6-3-11-23-16)14-17-7-4-12-24-17/h1-12H,13-14H2/b10-9+. The third-order valence-corrected chi connectivity index (χ3v) is 4.34. The Morgan fingerprint density at radius 1 is 1.12 bits per heavy atom. The average Bonchev–Trinajstić information content (AvgIpc) is 3.27. The highest BCUT2D eigenvalue weighted by Gasteiger charge is 2.14. The molecule has 0 bridgehead atoms. The molecule has 0 aliphatic carbocycles. The first-order chi connectivity index (χ1) is 11.7. The minimum atomic E-state index is -0.350. The van der Waals surface area contributed by atoms with Gasteiger partial charge in [-0.2, -0.15) is 0 Å². The van der Waals surface area contributed by atoms with Crippen LogP contribution in [0.25, 0.3) is 6.08 Å². The number of furan rings is 1. The molecule has 3 aromatic rings. The monoisotopic (exact) mass is 341 g/mol. The molecule has 0 radical (unpaired) electrons. The van der Waals surface area contributed by atoms with Gasteiger partial charge in [0.15, 0.2) is 0 Å². The summed E-state index contributed by atoms with van der Waals surface area (Å²) in [5, 5.41) is 1.97. The zero-order valence-corrected chi connectivity index (χ0v) is 13.7. The first-order valence-corrected chi connectivity index (χ1v) is 8.36. The number of hydrogen-bond donors (Lipinski definition) is 0. The molecular formula is C19H16FNO2S. The molecule has 0 saturated carbocycles. The fraction of sp³-hybridized carbons (Fsp3) is 0.105. The van der Waals surface area contributed by atoms with Crippen LogP contribution in [0.15, 0.2) is 70.7 Å². The van der Waals surface area contributed by atoms with Crippen LogP contribution in [0.1, 0.15) is 16.2 Å². The highest BCUT2D eigenvalue weighted by atomic mass is 32.1. The van der Waals surface area contributed by atoms with Gasteiger partial charge in [-0.1, -0.05) is 24.3 Å². The Balaban J connectivity index is 1.76. The van der Waals surface area contributed by atoms with Crippen molar-refractivity contribution in [3.63, 3.8) is 0 Å². The van der Waals surface area contributed by atoms with Crippen LogP contribution in [0.4, 0.5) is 4.39 Å². The van der Waals surface area contributed by atoms with Crippen LogP contribution in [0.3, 0.4) is 0 Å². The Kier molecular flexibility index (Phi) is 5.23. The molecule has 2 heterocycles. The van der Waals surface area contributed by atoms with E-state index in [9.17, 15) is 9.18 Å². The summed E-state index contributed by atoms with van der Waals surface area (Å²) in [6, 6.07) is 13.9. The third kappa shape index (κ3) is 4.20. The second kappa shape index (κ2) is 7.75. The zero-order valence-electron chi connectivity index (χ0n) is 12.9. The molecule has 24 heavy (non-hydrogen) atoms. The van der Waals surface area contributed by atoms with E-state index < -0.39 is 0 Å². The first kappa shape index (κ1) is 16.2. The number of benzene rings is 1. The smallest absolute Gasteiger partial charge is 0.247 e. The summed E-state index contributed by atoms with van der Waals surface area (Å²) in [5.41, 5.74) is 0.389. The van der Waals surface area contributed by atoms with Crippen LogP contribution in [0, 0.1) is 5.82 Å². The van der Waals surface area contributed by atoms with Gasteiger partial charge >= 0.3 is 0 Å². The van der Waals surface area contributed by atoms with Crippen LogP contribution < -0.4 is 0 Å². The molecule has 0 aliphatic heterocycles. The zero-order chi connectivity index (χ0) is 16.8. The number of hydrogen-bond acceptors (Lipinski definition) is 3. The number of amides is 1. The van der Waals surface area contributed by atoms with Crippen molar-refractivity contribution in [2.24, 2.45) is 0 Å². The number of nitrogens with zero attached hydrogens (tertiary/aromatic N) is 1. The number of thiophene rings is 1. The van der Waals surface area contributed by atoms with E-state index in [1.54, 1.807) is 46.8 Å². The van der Waals surface area contributed by atoms with Crippen LogP contribution in [0.2, 0.25) is 0 Å². The second-order valence-electron chi connectivity index (χ2n) is 5.21. The number of carbonyl (C=O) groups is 1. The number of rotatable bonds is 6. The Labute approximate surface area is 143 Å². The van der Waals surface area contributed by atoms with E-state index in [4.69, 9.17) is 4.42 Å². The maximum Gasteiger partial charge on any atom is 0.247 e. The maximum absolute atomic E-state index is 13.7. The van der Waals surface area contributed by atoms with Crippen LogP contribution in [-0.4, -0.2) is 10.8 Å². The molecule has 0 N–H and O–H groups in total. The van der Waals surface area contributed by atoms with Gasteiger partial charge < -0.3 is 9.32 Å². The molecule has 5 heteroatoms. The van der Waals surface area contributed by atoms with Crippen molar-refractivity contribution >= 4 is 23.3 Å². The van der Waals surface area contributed by atoms with Gasteiger partial charge in [0.1, 0.15) is 11.6 Å². The molecule has 1 aromatic carbocycles. The van der Waals surface area contributed by atoms with E-state index in [0.717, 1.165) is 4.88 Å². The minimum Gasteiger partial charge on any atom is -0.467 e. The minimum absolute atomic E-state index is 0.192. The third-order valence-electron chi connectivity index (χ3n) is 3.48. The summed E-state index contributed by atoms with van der Waals surface area (Å²) in [6.07, 6.45) is 4.48. The molecule has 0 atom stereocenters. The van der Waals surface area contributed by atoms with Gasteiger partial charge in [0.2, 0.25) is 5.91 Å². The lowest BCUT2D eigenvalue weighted by Crippen LogP contribution is -2.28. The average molecular weight is 341 g/mol. The lowest BCUT2D eigenvalue weighted by atomic mass is 10.2. The van der Waals surface area contributed by atoms with Crippen molar-refractivity contribution in [3.05, 3.63) is 88.3 Å². The fourth-order valence-electron chi connectivity index (χ4n) is 2.27. The fourth-order valence-corrected chi connectivity index (χ4v) is 2.99. The summed E-state index contributed by atoms with van der Waals surface area (Å²) in [7, 11) is 0. The van der Waals surface area contributed by atoms with E-state index in [0.29, 0.717) is 24.4 Å². The molecule has 2 aromatic heterocycles. The van der Waals surface area contributed by atoms with Gasteiger partial charge in [0, 0.05) is 16.5 Å². The highest BCUT2D eigenvalue weighted by Crippen LogP contribution is 2.16. The predicted molar refractivity (Wildman–Crippen MR) is 92.7 cm³/mol. The molecule has 0 aliphatic rings. The lowest BCUT2D eigenvalue weighted by Gasteiger charge is -2.19. The summed E-state index contributed by atoms with van der Waals surface area (Å²) in [5.74, 6) is 0.166. The maximum atomic E-state index is 13.7. The Bertz CT molecular complexity index is 774. The van der Waals surface area contributed by atoms with E-state index in [2.05, 4.69) is 0 Å². The predicted octanol–water partition coefficient (Wildman–Crippen LogP) is 4.72. The van der Waals surface area contributed by atoms with Gasteiger partial charge in [0.05, 0.1) is 19.4 Å². The summed E-state index contributed by atoms with van der Waals surface area (Å²) in [4.78, 5) is 15.3. The lowest BCUT2D eigenvalue weighted by molar-refractivity contribution is -0.127. The van der Waals surface area contributed by atoms with Crippen LogP contribution in [-0.2, 0) is 17.9 Å². The van der Waals surface area contributed by atoms with Gasteiger partial charge in [-0.05, 0) is 35.7 Å². The van der Waals surface area contributed by atoms with Crippen molar-refractivity contribution in [2.45, 2.75) is 13.1 Å². The molecule has 1 amide bonds. The van der Waals surface area contributed by atoms with Gasteiger partial charge in [0.25, 0.3) is 0 Å². The van der Waals surface area contributed by atoms with E-state index in [1.807, 2.05) is 23.6 Å². The Morgan fingerprint density at radius 3 is 2.71 bits per heavy atom. The molecule has 3 rings (SSSR count). The molecule has 0 unspecified atom stereocenters. The topological polar surface area (TPSA) is 33.5 Å². The van der Waals surface area contributed by atoms with Crippen molar-refractivity contribution in [1.82, 2.24) is 4.90 Å². The molecule has 0 saturated heterocycles. The Morgan fingerprint density at radius 2 is 2.00 bits per heavy atom. The quantitative estimate of drug-likeness (QED) is 0.608. The van der Waals surface area contributed by atoms with Crippen molar-refractivity contribution in [1.29, 1.82) is 0 Å². The van der Waals surface area contributed by atoms with Crippen molar-refractivity contribution in [3.8, 4) is 0 Å². The SMILES string of the molecule is O=C(/C=C/c1ccccc1F)N(Cc1ccco1)Cc1cccs1. The first-order valence-electron chi connectivity index (χ1n) is 7.48. The summed E-state index contributed by atoms with van der Waals surface area (Å²) < 4.78 is 19.0. The highest BCUT2D eigenvalue weighted by molar-refractivity contribution is 7.09. The summed E-state index contributed by atoms with van der Waals surface area (Å²) in [6.45, 7) is 0.851. The normalized spacial score (nSPS) is 11.0. The van der Waals surface area contributed by atoms with Gasteiger partial charge in [-0.3, -0.25) is 4.79 Å². The number of halogens is 1. The Hall–Kier alpha value is -2.66. The number of carbonyl (C=O) groups excluding carboxylic acids is 1. The van der Waals surface area contributed by atoms with Gasteiger partial charge in [-0.15, -0.1) is 11.3 Å². The van der Waals surface area contributed by atoms with Crippen molar-refractivity contribution < 1.29 is 13.6 Å². The second-order valence-corrected chi connectivity index (χ2v) is 6.24. The van der Waals surface area contributed by atoms with Crippen LogP contribution >= 0.6 is 11.3 Å². The molecule has 0 spiro atoms. The summed E-state index contributed by atoms with van der Waals surface area (Å²) >= 11 is 1.59. The van der Waals surface area contributed by atoms with Crippen LogP contribution in [0.5, 0.6) is 0 Å². The van der Waals surface area contributed by atoms with E-state index >= 15 is 0 Å². The van der Waals surface area contributed by atoms with Gasteiger partial charge in [-0.25, -0.2) is 4.39 Å². The van der Waals surface area contributed by atoms with E-state index in [1.165, 1.54) is 18.2 Å². The molecular weight excluding hydrogens is 325 g/mol. The molecule has 3 nitrogen and oxygen atoms in total. The van der Waals surface area contributed by atoms with Crippen molar-refractivity contribution in [2.75, 3.05) is 0 Å². The van der Waals surface area contributed by atoms with E-state index in [-0.39, 0.29) is 11.7 Å².